The van der Waals surface area contributed by atoms with E-state index in [0.29, 0.717) is 23.3 Å². The highest BCUT2D eigenvalue weighted by atomic mass is 19.4. The average molecular weight is 540 g/mol. The molecular weight excluding hydrogens is 511 g/mol. The Morgan fingerprint density at radius 1 is 1.03 bits per heavy atom. The molecule has 0 aliphatic rings. The first kappa shape index (κ1) is 27.8. The SMILES string of the molecule is CCCCc1oc2ccccc2c1C=NOCCCOc1ccc(C(=O)O)cc1-c1ccc(C(F)(F)F)cc1. The highest BCUT2D eigenvalue weighted by molar-refractivity contribution is 5.99. The fourth-order valence-electron chi connectivity index (χ4n) is 4.08. The lowest BCUT2D eigenvalue weighted by atomic mass is 10.0. The molecule has 6 nitrogen and oxygen atoms in total. The van der Waals surface area contributed by atoms with E-state index in [9.17, 15) is 23.1 Å². The third-order valence-electron chi connectivity index (χ3n) is 6.11. The van der Waals surface area contributed by atoms with Crippen LogP contribution in [0.3, 0.4) is 0 Å². The molecule has 0 amide bonds. The van der Waals surface area contributed by atoms with Crippen LogP contribution >= 0.6 is 0 Å². The number of carboxylic acids is 1. The van der Waals surface area contributed by atoms with Crippen LogP contribution in [0.15, 0.2) is 76.3 Å². The van der Waals surface area contributed by atoms with Crippen LogP contribution in [-0.4, -0.2) is 30.5 Å². The number of fused-ring (bicyclic) bond motifs is 1. The van der Waals surface area contributed by atoms with Gasteiger partial charge in [0.1, 0.15) is 23.7 Å². The van der Waals surface area contributed by atoms with Crippen LogP contribution in [0.5, 0.6) is 5.75 Å². The van der Waals surface area contributed by atoms with Gasteiger partial charge in [0.2, 0.25) is 0 Å². The number of benzene rings is 3. The Morgan fingerprint density at radius 2 is 1.79 bits per heavy atom. The van der Waals surface area contributed by atoms with Gasteiger partial charge in [-0.05, 0) is 48.4 Å². The van der Waals surface area contributed by atoms with Gasteiger partial charge >= 0.3 is 12.1 Å². The van der Waals surface area contributed by atoms with Crippen molar-refractivity contribution in [3.63, 3.8) is 0 Å². The van der Waals surface area contributed by atoms with Crippen LogP contribution in [-0.2, 0) is 17.4 Å². The number of rotatable bonds is 12. The number of carboxylic acid groups (broad SMARTS) is 1. The van der Waals surface area contributed by atoms with Crippen LogP contribution in [0.2, 0.25) is 0 Å². The van der Waals surface area contributed by atoms with Gasteiger partial charge in [0, 0.05) is 29.4 Å². The quantitative estimate of drug-likeness (QED) is 0.112. The minimum atomic E-state index is -4.47. The minimum absolute atomic E-state index is 0.00000460. The number of unbranched alkanes of at least 4 members (excludes halogenated alkanes) is 1. The second-order valence-electron chi connectivity index (χ2n) is 8.90. The molecule has 0 fully saturated rings. The van der Waals surface area contributed by atoms with Gasteiger partial charge in [-0.3, -0.25) is 0 Å². The lowest BCUT2D eigenvalue weighted by molar-refractivity contribution is -0.137. The third kappa shape index (κ3) is 6.98. The van der Waals surface area contributed by atoms with Gasteiger partial charge in [0.15, 0.2) is 0 Å². The third-order valence-corrected chi connectivity index (χ3v) is 6.11. The van der Waals surface area contributed by atoms with E-state index in [1.807, 2.05) is 24.3 Å². The van der Waals surface area contributed by atoms with E-state index < -0.39 is 17.7 Å². The summed E-state index contributed by atoms with van der Waals surface area (Å²) in [5.41, 5.74) is 1.70. The molecule has 1 heterocycles. The summed E-state index contributed by atoms with van der Waals surface area (Å²) in [6, 6.07) is 16.5. The summed E-state index contributed by atoms with van der Waals surface area (Å²) in [4.78, 5) is 16.9. The van der Waals surface area contributed by atoms with Crippen LogP contribution in [0, 0.1) is 0 Å². The van der Waals surface area contributed by atoms with Crippen molar-refractivity contribution in [2.24, 2.45) is 5.16 Å². The van der Waals surface area contributed by atoms with Crippen molar-refractivity contribution in [3.8, 4) is 16.9 Å². The van der Waals surface area contributed by atoms with E-state index >= 15 is 0 Å². The minimum Gasteiger partial charge on any atom is -0.493 e. The molecule has 204 valence electrons. The van der Waals surface area contributed by atoms with Crippen LogP contribution < -0.4 is 4.74 Å². The number of nitrogens with zero attached hydrogens (tertiary/aromatic N) is 1. The molecular formula is C30H28F3NO5. The predicted molar refractivity (Wildman–Crippen MR) is 142 cm³/mol. The Labute approximate surface area is 223 Å². The maximum absolute atomic E-state index is 13.0. The summed E-state index contributed by atoms with van der Waals surface area (Å²) in [6.07, 6.45) is 0.516. The van der Waals surface area contributed by atoms with E-state index in [1.165, 1.54) is 30.3 Å². The molecule has 0 aliphatic carbocycles. The summed E-state index contributed by atoms with van der Waals surface area (Å²) in [5.74, 6) is 0.0762. The van der Waals surface area contributed by atoms with Crippen molar-refractivity contribution >= 4 is 23.2 Å². The number of alkyl halides is 3. The molecule has 1 N–H and O–H groups in total. The van der Waals surface area contributed by atoms with Crippen molar-refractivity contribution in [1.82, 2.24) is 0 Å². The van der Waals surface area contributed by atoms with E-state index in [1.54, 1.807) is 6.21 Å². The van der Waals surface area contributed by atoms with Crippen molar-refractivity contribution in [2.45, 2.75) is 38.8 Å². The monoisotopic (exact) mass is 539 g/mol. The first-order valence-corrected chi connectivity index (χ1v) is 12.6. The maximum Gasteiger partial charge on any atom is 0.416 e. The number of ether oxygens (including phenoxy) is 1. The van der Waals surface area contributed by atoms with Crippen molar-refractivity contribution in [2.75, 3.05) is 13.2 Å². The Kier molecular flexibility index (Phi) is 8.91. The molecule has 0 radical (unpaired) electrons. The van der Waals surface area contributed by atoms with E-state index in [0.717, 1.165) is 53.7 Å². The number of carbonyl (C=O) groups is 1. The Balaban J connectivity index is 1.38. The molecule has 4 aromatic rings. The summed E-state index contributed by atoms with van der Waals surface area (Å²) in [7, 11) is 0. The molecule has 9 heteroatoms. The number of para-hydroxylation sites is 1. The second-order valence-corrected chi connectivity index (χ2v) is 8.90. The largest absolute Gasteiger partial charge is 0.493 e. The van der Waals surface area contributed by atoms with E-state index in [-0.39, 0.29) is 18.8 Å². The molecule has 0 aliphatic heterocycles. The van der Waals surface area contributed by atoms with Gasteiger partial charge in [-0.1, -0.05) is 48.8 Å². The smallest absolute Gasteiger partial charge is 0.416 e. The Bertz CT molecular complexity index is 1440. The molecule has 1 aromatic heterocycles. The van der Waals surface area contributed by atoms with Crippen LogP contribution in [0.25, 0.3) is 22.1 Å². The fourth-order valence-corrected chi connectivity index (χ4v) is 4.08. The predicted octanol–water partition coefficient (Wildman–Crippen LogP) is 7.98. The van der Waals surface area contributed by atoms with Crippen LogP contribution in [0.1, 0.15) is 53.4 Å². The van der Waals surface area contributed by atoms with Crippen molar-refractivity contribution < 1.29 is 37.1 Å². The van der Waals surface area contributed by atoms with Gasteiger partial charge in [-0.2, -0.15) is 13.2 Å². The fraction of sp³-hybridized carbons (Fsp3) is 0.267. The van der Waals surface area contributed by atoms with Crippen molar-refractivity contribution in [3.05, 3.63) is 89.2 Å². The molecule has 0 saturated carbocycles. The zero-order valence-corrected chi connectivity index (χ0v) is 21.3. The zero-order chi connectivity index (χ0) is 27.8. The molecule has 0 atom stereocenters. The first-order chi connectivity index (χ1) is 18.8. The number of halogens is 3. The summed E-state index contributed by atoms with van der Waals surface area (Å²) in [6.45, 7) is 2.61. The summed E-state index contributed by atoms with van der Waals surface area (Å²) >= 11 is 0. The molecule has 3 aromatic carbocycles. The first-order valence-electron chi connectivity index (χ1n) is 12.6. The number of oxime groups is 1. The number of aryl methyl sites for hydroxylation is 1. The average Bonchev–Trinajstić information content (AvgIpc) is 3.28. The maximum atomic E-state index is 13.0. The Hall–Kier alpha value is -4.27. The standard InChI is InChI=1S/C30H28F3NO5/c1-2-3-8-28-25(23-7-4-5-9-27(23)39-28)19-34-38-17-6-16-37-26-15-12-21(29(35)36)18-24(26)20-10-13-22(14-11-20)30(31,32)33/h4-5,7,9-15,18-19H,2-3,6,8,16-17H2,1H3,(H,35,36). The number of furan rings is 1. The van der Waals surface area contributed by atoms with Gasteiger partial charge in [0.25, 0.3) is 0 Å². The topological polar surface area (TPSA) is 81.3 Å². The number of hydrogen-bond donors (Lipinski definition) is 1. The van der Waals surface area contributed by atoms with Crippen molar-refractivity contribution in [1.29, 1.82) is 0 Å². The molecule has 39 heavy (non-hydrogen) atoms. The van der Waals surface area contributed by atoms with E-state index in [2.05, 4.69) is 12.1 Å². The Morgan fingerprint density at radius 3 is 2.51 bits per heavy atom. The highest BCUT2D eigenvalue weighted by Gasteiger charge is 2.30. The normalized spacial score (nSPS) is 11.8. The number of aromatic carboxylic acids is 1. The van der Waals surface area contributed by atoms with Crippen LogP contribution in [0.4, 0.5) is 13.2 Å². The van der Waals surface area contributed by atoms with Gasteiger partial charge < -0.3 is 19.1 Å². The molecule has 0 unspecified atom stereocenters. The summed E-state index contributed by atoms with van der Waals surface area (Å²) < 4.78 is 50.7. The van der Waals surface area contributed by atoms with Gasteiger partial charge in [-0.25, -0.2) is 4.79 Å². The second kappa shape index (κ2) is 12.5. The molecule has 0 spiro atoms. The van der Waals surface area contributed by atoms with Gasteiger partial charge in [-0.15, -0.1) is 0 Å². The summed E-state index contributed by atoms with van der Waals surface area (Å²) in [5, 5.41) is 14.4. The lowest BCUT2D eigenvalue weighted by Crippen LogP contribution is -2.05. The van der Waals surface area contributed by atoms with Gasteiger partial charge in [0.05, 0.1) is 23.9 Å². The molecule has 0 bridgehead atoms. The highest BCUT2D eigenvalue weighted by Crippen LogP contribution is 2.35. The molecule has 4 rings (SSSR count). The zero-order valence-electron chi connectivity index (χ0n) is 21.3. The lowest BCUT2D eigenvalue weighted by Gasteiger charge is -2.13. The molecule has 0 saturated heterocycles. The number of hydrogen-bond acceptors (Lipinski definition) is 5. The van der Waals surface area contributed by atoms with E-state index in [4.69, 9.17) is 14.0 Å².